The zero-order chi connectivity index (χ0) is 13.8. The van der Waals surface area contributed by atoms with Crippen molar-refractivity contribution < 1.29 is 13.9 Å². The van der Waals surface area contributed by atoms with E-state index in [0.29, 0.717) is 24.6 Å². The average molecular weight is 265 g/mol. The fourth-order valence-corrected chi connectivity index (χ4v) is 2.66. The van der Waals surface area contributed by atoms with Gasteiger partial charge in [0.15, 0.2) is 11.6 Å². The van der Waals surface area contributed by atoms with Crippen molar-refractivity contribution >= 4 is 5.91 Å². The number of fused-ring (bicyclic) bond motifs is 1. The highest BCUT2D eigenvalue weighted by Crippen LogP contribution is 2.38. The zero-order valence-corrected chi connectivity index (χ0v) is 11.5. The molecule has 1 aromatic rings. The number of rotatable bonds is 5. The first kappa shape index (κ1) is 13.8. The number of hydrogen-bond acceptors (Lipinski definition) is 2. The highest BCUT2D eigenvalue weighted by Gasteiger charge is 2.24. The van der Waals surface area contributed by atoms with Gasteiger partial charge in [0.1, 0.15) is 0 Å². The van der Waals surface area contributed by atoms with Crippen LogP contribution in [0.2, 0.25) is 0 Å². The van der Waals surface area contributed by atoms with E-state index in [1.807, 2.05) is 13.0 Å². The van der Waals surface area contributed by atoms with E-state index < -0.39 is 0 Å². The van der Waals surface area contributed by atoms with E-state index in [-0.39, 0.29) is 11.7 Å². The number of nitrogens with one attached hydrogen (secondary N) is 1. The number of carbonyl (C=O) groups excluding carboxylic acids is 1. The van der Waals surface area contributed by atoms with Crippen molar-refractivity contribution in [1.82, 2.24) is 5.32 Å². The van der Waals surface area contributed by atoms with Gasteiger partial charge in [-0.15, -0.1) is 0 Å². The molecule has 3 nitrogen and oxygen atoms in total. The smallest absolute Gasteiger partial charge is 0.219 e. The molecule has 1 aliphatic rings. The summed E-state index contributed by atoms with van der Waals surface area (Å²) in [5.74, 6) is 0.487. The summed E-state index contributed by atoms with van der Waals surface area (Å²) in [5, 5.41) is 2.89. The quantitative estimate of drug-likeness (QED) is 0.889. The second kappa shape index (κ2) is 6.04. The Morgan fingerprint density at radius 2 is 2.32 bits per heavy atom. The average Bonchev–Trinajstić information content (AvgIpc) is 2.79. The van der Waals surface area contributed by atoms with Gasteiger partial charge in [-0.3, -0.25) is 4.79 Å². The second-order valence-electron chi connectivity index (χ2n) is 4.91. The van der Waals surface area contributed by atoms with E-state index in [4.69, 9.17) is 4.74 Å². The number of amides is 1. The Balaban J connectivity index is 2.02. The maximum Gasteiger partial charge on any atom is 0.219 e. The van der Waals surface area contributed by atoms with Crippen molar-refractivity contribution in [2.45, 2.75) is 38.5 Å². The van der Waals surface area contributed by atoms with E-state index in [0.717, 1.165) is 24.8 Å². The first-order valence-electron chi connectivity index (χ1n) is 6.78. The molecule has 0 saturated heterocycles. The topological polar surface area (TPSA) is 38.3 Å². The fourth-order valence-electron chi connectivity index (χ4n) is 2.66. The van der Waals surface area contributed by atoms with Crippen LogP contribution in [-0.2, 0) is 11.2 Å². The third-order valence-corrected chi connectivity index (χ3v) is 3.75. The van der Waals surface area contributed by atoms with Gasteiger partial charge in [0.2, 0.25) is 5.91 Å². The van der Waals surface area contributed by atoms with Crippen molar-refractivity contribution in [3.8, 4) is 5.75 Å². The molecule has 1 amide bonds. The zero-order valence-electron chi connectivity index (χ0n) is 11.5. The number of halogens is 1. The van der Waals surface area contributed by atoms with E-state index in [9.17, 15) is 9.18 Å². The van der Waals surface area contributed by atoms with Gasteiger partial charge in [-0.25, -0.2) is 4.39 Å². The first-order chi connectivity index (χ1) is 9.15. The Labute approximate surface area is 113 Å². The summed E-state index contributed by atoms with van der Waals surface area (Å²) in [6.45, 7) is 2.52. The van der Waals surface area contributed by atoms with E-state index in [2.05, 4.69) is 5.32 Å². The Hall–Kier alpha value is -1.58. The standard InChI is InChI=1S/C15H20FNO2/c1-3-15(18)17-7-6-10-4-5-11-8-13(16)14(19-2)9-12(10)11/h8-10H,3-7H2,1-2H3,(H,17,18). The predicted molar refractivity (Wildman–Crippen MR) is 71.9 cm³/mol. The van der Waals surface area contributed by atoms with Gasteiger partial charge < -0.3 is 10.1 Å². The normalized spacial score (nSPS) is 17.1. The molecule has 0 radical (unpaired) electrons. The van der Waals surface area contributed by atoms with Gasteiger partial charge in [0, 0.05) is 13.0 Å². The minimum atomic E-state index is -0.291. The van der Waals surface area contributed by atoms with E-state index >= 15 is 0 Å². The summed E-state index contributed by atoms with van der Waals surface area (Å²) in [6, 6.07) is 3.39. The highest BCUT2D eigenvalue weighted by molar-refractivity contribution is 5.75. The molecule has 2 rings (SSSR count). The van der Waals surface area contributed by atoms with Crippen molar-refractivity contribution in [1.29, 1.82) is 0 Å². The second-order valence-corrected chi connectivity index (χ2v) is 4.91. The van der Waals surface area contributed by atoms with Crippen LogP contribution in [-0.4, -0.2) is 19.6 Å². The summed E-state index contributed by atoms with van der Waals surface area (Å²) >= 11 is 0. The van der Waals surface area contributed by atoms with E-state index in [1.54, 1.807) is 6.07 Å². The van der Waals surface area contributed by atoms with E-state index in [1.165, 1.54) is 12.7 Å². The SMILES string of the molecule is CCC(=O)NCCC1CCc2cc(F)c(OC)cc21. The molecule has 1 aromatic carbocycles. The highest BCUT2D eigenvalue weighted by atomic mass is 19.1. The summed E-state index contributed by atoms with van der Waals surface area (Å²) in [6.07, 6.45) is 3.33. The van der Waals surface area contributed by atoms with Crippen LogP contribution in [0.15, 0.2) is 12.1 Å². The number of carbonyl (C=O) groups is 1. The fraction of sp³-hybridized carbons (Fsp3) is 0.533. The molecular formula is C15H20FNO2. The maximum atomic E-state index is 13.6. The van der Waals surface area contributed by atoms with Gasteiger partial charge in [-0.2, -0.15) is 0 Å². The lowest BCUT2D eigenvalue weighted by atomic mass is 9.97. The Bertz CT molecular complexity index is 473. The molecule has 0 saturated carbocycles. The van der Waals surface area contributed by atoms with Gasteiger partial charge in [0.05, 0.1) is 7.11 Å². The largest absolute Gasteiger partial charge is 0.494 e. The molecule has 19 heavy (non-hydrogen) atoms. The lowest BCUT2D eigenvalue weighted by Crippen LogP contribution is -2.24. The van der Waals surface area contributed by atoms with Gasteiger partial charge in [-0.1, -0.05) is 6.92 Å². The van der Waals surface area contributed by atoms with Gasteiger partial charge >= 0.3 is 0 Å². The number of ether oxygens (including phenoxy) is 1. The van der Waals surface area contributed by atoms with Crippen molar-refractivity contribution in [2.75, 3.05) is 13.7 Å². The Kier molecular flexibility index (Phi) is 4.40. The molecule has 1 unspecified atom stereocenters. The maximum absolute atomic E-state index is 13.6. The van der Waals surface area contributed by atoms with Gasteiger partial charge in [0.25, 0.3) is 0 Å². The molecule has 1 atom stereocenters. The summed E-state index contributed by atoms with van der Waals surface area (Å²) in [7, 11) is 1.48. The van der Waals surface area contributed by atoms with Crippen LogP contribution in [0.25, 0.3) is 0 Å². The predicted octanol–water partition coefficient (Wildman–Crippen LogP) is 2.78. The van der Waals surface area contributed by atoms with Crippen LogP contribution in [0, 0.1) is 5.82 Å². The van der Waals surface area contributed by atoms with Gasteiger partial charge in [-0.05, 0) is 48.4 Å². The number of benzene rings is 1. The number of methoxy groups -OCH3 is 1. The molecular weight excluding hydrogens is 245 g/mol. The number of hydrogen-bond donors (Lipinski definition) is 1. The summed E-state index contributed by atoms with van der Waals surface area (Å²) in [5.41, 5.74) is 2.24. The van der Waals surface area contributed by atoms with Crippen LogP contribution < -0.4 is 10.1 Å². The van der Waals surface area contributed by atoms with Crippen LogP contribution in [0.3, 0.4) is 0 Å². The Morgan fingerprint density at radius 3 is 3.00 bits per heavy atom. The van der Waals surface area contributed by atoms with Crippen molar-refractivity contribution in [2.24, 2.45) is 0 Å². The number of aryl methyl sites for hydroxylation is 1. The molecule has 4 heteroatoms. The molecule has 0 bridgehead atoms. The van der Waals surface area contributed by atoms with Crippen LogP contribution in [0.5, 0.6) is 5.75 Å². The molecule has 0 aromatic heterocycles. The Morgan fingerprint density at radius 1 is 1.53 bits per heavy atom. The van der Waals surface area contributed by atoms with Crippen LogP contribution in [0.4, 0.5) is 4.39 Å². The van der Waals surface area contributed by atoms with Crippen LogP contribution in [0.1, 0.15) is 43.2 Å². The monoisotopic (exact) mass is 265 g/mol. The minimum Gasteiger partial charge on any atom is -0.494 e. The molecule has 0 spiro atoms. The summed E-state index contributed by atoms with van der Waals surface area (Å²) in [4.78, 5) is 11.2. The third kappa shape index (κ3) is 3.06. The lowest BCUT2D eigenvalue weighted by Gasteiger charge is -2.13. The third-order valence-electron chi connectivity index (χ3n) is 3.75. The molecule has 0 aliphatic heterocycles. The molecule has 0 heterocycles. The molecule has 1 aliphatic carbocycles. The first-order valence-corrected chi connectivity index (χ1v) is 6.78. The lowest BCUT2D eigenvalue weighted by molar-refractivity contribution is -0.120. The molecule has 0 fully saturated rings. The molecule has 1 N–H and O–H groups in total. The van der Waals surface area contributed by atoms with Crippen LogP contribution >= 0.6 is 0 Å². The minimum absolute atomic E-state index is 0.0786. The summed E-state index contributed by atoms with van der Waals surface area (Å²) < 4.78 is 18.6. The van der Waals surface area contributed by atoms with Crippen molar-refractivity contribution in [3.05, 3.63) is 29.1 Å². The van der Waals surface area contributed by atoms with Crippen molar-refractivity contribution in [3.63, 3.8) is 0 Å². The molecule has 104 valence electrons.